The molecule has 0 radical (unpaired) electrons. The summed E-state index contributed by atoms with van der Waals surface area (Å²) in [6.45, 7) is 3.65. The van der Waals surface area contributed by atoms with Crippen LogP contribution in [0.5, 0.6) is 0 Å². The number of hydrogen-bond acceptors (Lipinski definition) is 0. The Morgan fingerprint density at radius 1 is 1.25 bits per heavy atom. The zero-order valence-electron chi connectivity index (χ0n) is 4.78. The molecule has 0 aliphatic carbocycles. The summed E-state index contributed by atoms with van der Waals surface area (Å²) in [5.74, 6) is 4.91. The van der Waals surface area contributed by atoms with Gasteiger partial charge >= 0.3 is 0 Å². The van der Waals surface area contributed by atoms with E-state index in [1.54, 1.807) is 0 Å². The van der Waals surface area contributed by atoms with Gasteiger partial charge in [0.25, 0.3) is 0 Å². The minimum absolute atomic E-state index is 0.601. The predicted molar refractivity (Wildman–Crippen MR) is 36.0 cm³/mol. The van der Waals surface area contributed by atoms with Crippen LogP contribution in [0.2, 0.25) is 0 Å². The summed E-state index contributed by atoms with van der Waals surface area (Å²) in [4.78, 5) is 0. The Hall–Kier alpha value is -1.14. The summed E-state index contributed by atoms with van der Waals surface area (Å²) in [6.07, 6.45) is 11.2. The first-order valence-electron chi connectivity index (χ1n) is 2.35. The first-order chi connectivity index (χ1) is 3.81. The van der Waals surface area contributed by atoms with Crippen molar-refractivity contribution in [2.75, 3.05) is 0 Å². The molecule has 0 saturated carbocycles. The van der Waals surface area contributed by atoms with Crippen molar-refractivity contribution in [3.05, 3.63) is 12.2 Å². The lowest BCUT2D eigenvalue weighted by molar-refractivity contribution is 1.18. The van der Waals surface area contributed by atoms with Crippen LogP contribution in [0.1, 0.15) is 12.8 Å². The second kappa shape index (κ2) is 4.03. The van der Waals surface area contributed by atoms with Crippen molar-refractivity contribution in [3.63, 3.8) is 0 Å². The van der Waals surface area contributed by atoms with Crippen LogP contribution in [-0.4, -0.2) is 0 Å². The van der Waals surface area contributed by atoms with Crippen LogP contribution < -0.4 is 0 Å². The maximum atomic E-state index is 4.98. The van der Waals surface area contributed by atoms with Gasteiger partial charge in [0.1, 0.15) is 0 Å². The molecule has 0 aromatic carbocycles. The van der Waals surface area contributed by atoms with E-state index in [-0.39, 0.29) is 0 Å². The molecule has 0 aliphatic rings. The molecule has 8 heavy (non-hydrogen) atoms. The zero-order valence-corrected chi connectivity index (χ0v) is 4.78. The highest BCUT2D eigenvalue weighted by molar-refractivity contribution is 5.12. The van der Waals surface area contributed by atoms with Crippen LogP contribution in [0.25, 0.3) is 0 Å². The Labute approximate surface area is 50.6 Å². The van der Waals surface area contributed by atoms with Crippen LogP contribution >= 0.6 is 0 Å². The lowest BCUT2D eigenvalue weighted by Gasteiger charge is -1.88. The van der Waals surface area contributed by atoms with E-state index in [9.17, 15) is 0 Å². The maximum absolute atomic E-state index is 4.98. The average Bonchev–Trinajstić information content (AvgIpc) is 1.68. The van der Waals surface area contributed by atoms with Gasteiger partial charge in [-0.2, -0.15) is 0 Å². The third kappa shape index (κ3) is 3.07. The molecule has 0 aliphatic heterocycles. The van der Waals surface area contributed by atoms with E-state index in [1.807, 2.05) is 0 Å². The highest BCUT2D eigenvalue weighted by atomic mass is 13.9. The number of rotatable bonds is 2. The van der Waals surface area contributed by atoms with Crippen molar-refractivity contribution < 1.29 is 0 Å². The summed E-state index contributed by atoms with van der Waals surface area (Å²) >= 11 is 0. The Balaban J connectivity index is 3.41. The van der Waals surface area contributed by atoms with E-state index in [0.717, 1.165) is 5.57 Å². The molecule has 0 amide bonds. The molecule has 0 nitrogen and oxygen atoms in total. The molecular weight excluding hydrogens is 96.1 g/mol. The molecular formula is C8H8. The van der Waals surface area contributed by atoms with Crippen molar-refractivity contribution >= 4 is 0 Å². The average molecular weight is 104 g/mol. The minimum atomic E-state index is 0.601. The standard InChI is InChI=1S/C8H8/c1-4-6-8(3)7-5-2/h1-2H,3,6-7H2. The second-order valence-electron chi connectivity index (χ2n) is 1.51. The largest absolute Gasteiger partial charge is 0.120 e. The third-order valence-electron chi connectivity index (χ3n) is 0.704. The van der Waals surface area contributed by atoms with Crippen LogP contribution in [0, 0.1) is 24.7 Å². The van der Waals surface area contributed by atoms with E-state index in [4.69, 9.17) is 12.8 Å². The van der Waals surface area contributed by atoms with Crippen LogP contribution in [0.4, 0.5) is 0 Å². The van der Waals surface area contributed by atoms with Crippen molar-refractivity contribution in [1.82, 2.24) is 0 Å². The fourth-order valence-electron chi connectivity index (χ4n) is 0.351. The molecule has 0 saturated heterocycles. The van der Waals surface area contributed by atoms with Gasteiger partial charge in [0.05, 0.1) is 0 Å². The first-order valence-corrected chi connectivity index (χ1v) is 2.35. The zero-order chi connectivity index (χ0) is 6.41. The predicted octanol–water partition coefficient (Wildman–Crippen LogP) is 1.59. The van der Waals surface area contributed by atoms with Crippen molar-refractivity contribution in [1.29, 1.82) is 0 Å². The van der Waals surface area contributed by atoms with Crippen molar-refractivity contribution in [3.8, 4) is 24.7 Å². The van der Waals surface area contributed by atoms with Crippen LogP contribution in [0.15, 0.2) is 12.2 Å². The van der Waals surface area contributed by atoms with Gasteiger partial charge in [0.2, 0.25) is 0 Å². The topological polar surface area (TPSA) is 0 Å². The first kappa shape index (κ1) is 6.86. The Morgan fingerprint density at radius 3 is 1.88 bits per heavy atom. The van der Waals surface area contributed by atoms with Gasteiger partial charge in [-0.05, 0) is 0 Å². The van der Waals surface area contributed by atoms with Gasteiger partial charge in [0.15, 0.2) is 0 Å². The molecule has 0 atom stereocenters. The molecule has 0 N–H and O–H groups in total. The van der Waals surface area contributed by atoms with Gasteiger partial charge < -0.3 is 0 Å². The molecule has 0 unspecified atom stereocenters. The molecule has 40 valence electrons. The van der Waals surface area contributed by atoms with Gasteiger partial charge in [-0.3, -0.25) is 0 Å². The second-order valence-corrected chi connectivity index (χ2v) is 1.51. The Morgan fingerprint density at radius 2 is 1.62 bits per heavy atom. The molecule has 0 heteroatoms. The fourth-order valence-corrected chi connectivity index (χ4v) is 0.351. The molecule has 0 rings (SSSR count). The molecule has 0 aromatic rings. The van der Waals surface area contributed by atoms with E-state index in [0.29, 0.717) is 12.8 Å². The molecule has 0 heterocycles. The number of terminal acetylenes is 2. The smallest absolute Gasteiger partial charge is 0.0303 e. The van der Waals surface area contributed by atoms with E-state index in [2.05, 4.69) is 18.4 Å². The monoisotopic (exact) mass is 104 g/mol. The normalized spacial score (nSPS) is 6.75. The van der Waals surface area contributed by atoms with E-state index < -0.39 is 0 Å². The highest BCUT2D eigenvalue weighted by Gasteiger charge is 1.83. The van der Waals surface area contributed by atoms with Gasteiger partial charge in [-0.1, -0.05) is 12.2 Å². The number of hydrogen-bond donors (Lipinski definition) is 0. The van der Waals surface area contributed by atoms with Crippen LogP contribution in [-0.2, 0) is 0 Å². The third-order valence-corrected chi connectivity index (χ3v) is 0.704. The minimum Gasteiger partial charge on any atom is -0.120 e. The molecule has 0 bridgehead atoms. The fraction of sp³-hybridized carbons (Fsp3) is 0.250. The summed E-state index contributed by atoms with van der Waals surface area (Å²) in [7, 11) is 0. The Kier molecular flexibility index (Phi) is 3.46. The van der Waals surface area contributed by atoms with E-state index >= 15 is 0 Å². The summed E-state index contributed by atoms with van der Waals surface area (Å²) in [6, 6.07) is 0. The summed E-state index contributed by atoms with van der Waals surface area (Å²) < 4.78 is 0. The van der Waals surface area contributed by atoms with Gasteiger partial charge in [0, 0.05) is 12.8 Å². The summed E-state index contributed by atoms with van der Waals surface area (Å²) in [5, 5.41) is 0. The van der Waals surface area contributed by atoms with Crippen molar-refractivity contribution in [2.24, 2.45) is 0 Å². The van der Waals surface area contributed by atoms with Gasteiger partial charge in [-0.15, -0.1) is 24.7 Å². The Bertz CT molecular complexity index is 132. The summed E-state index contributed by atoms with van der Waals surface area (Å²) in [5.41, 5.74) is 0.940. The van der Waals surface area contributed by atoms with Crippen molar-refractivity contribution in [2.45, 2.75) is 12.8 Å². The van der Waals surface area contributed by atoms with Crippen LogP contribution in [0.3, 0.4) is 0 Å². The molecule has 0 aromatic heterocycles. The SMILES string of the molecule is C#CCC(=C)CC#C. The molecule has 0 spiro atoms. The number of allylic oxidation sites excluding steroid dienone is 1. The lowest BCUT2D eigenvalue weighted by atomic mass is 10.2. The lowest BCUT2D eigenvalue weighted by Crippen LogP contribution is -1.73. The quantitative estimate of drug-likeness (QED) is 0.368. The maximum Gasteiger partial charge on any atom is 0.0303 e. The van der Waals surface area contributed by atoms with Gasteiger partial charge in [-0.25, -0.2) is 0 Å². The molecule has 0 fully saturated rings. The van der Waals surface area contributed by atoms with E-state index in [1.165, 1.54) is 0 Å². The highest BCUT2D eigenvalue weighted by Crippen LogP contribution is 1.99.